The minimum atomic E-state index is -0.327. The Balaban J connectivity index is 1.55. The van der Waals surface area contributed by atoms with Crippen LogP contribution in [0.4, 0.5) is 15.8 Å². The number of fused-ring (bicyclic) bond motifs is 1. The number of aliphatic hydroxyl groups is 1. The van der Waals surface area contributed by atoms with Gasteiger partial charge in [0.15, 0.2) is 0 Å². The molecule has 8 nitrogen and oxygen atoms in total. The minimum Gasteiger partial charge on any atom is -0.396 e. The van der Waals surface area contributed by atoms with Crippen molar-refractivity contribution in [2.24, 2.45) is 0 Å². The molecule has 0 saturated heterocycles. The van der Waals surface area contributed by atoms with E-state index in [2.05, 4.69) is 37.7 Å². The van der Waals surface area contributed by atoms with Gasteiger partial charge in [0.1, 0.15) is 11.9 Å². The highest BCUT2D eigenvalue weighted by Gasteiger charge is 2.32. The van der Waals surface area contributed by atoms with Gasteiger partial charge in [0.05, 0.1) is 33.5 Å². The van der Waals surface area contributed by atoms with Crippen LogP contribution in [-0.4, -0.2) is 33.8 Å². The lowest BCUT2D eigenvalue weighted by atomic mass is 10.0. The van der Waals surface area contributed by atoms with E-state index in [1.54, 1.807) is 18.2 Å². The van der Waals surface area contributed by atoms with E-state index >= 15 is 0 Å². The normalized spacial score (nSPS) is 16.8. The summed E-state index contributed by atoms with van der Waals surface area (Å²) in [5.41, 5.74) is 10.5. The van der Waals surface area contributed by atoms with Gasteiger partial charge < -0.3 is 21.2 Å². The fourth-order valence-electron chi connectivity index (χ4n) is 4.30. The van der Waals surface area contributed by atoms with Crippen molar-refractivity contribution < 1.29 is 9.50 Å². The van der Waals surface area contributed by atoms with Crippen molar-refractivity contribution in [3.05, 3.63) is 76.5 Å². The van der Waals surface area contributed by atoms with Crippen molar-refractivity contribution in [1.82, 2.24) is 21.0 Å². The maximum Gasteiger partial charge on any atom is 0.123 e. The summed E-state index contributed by atoms with van der Waals surface area (Å²) in [5.74, 6) is -0.305. The molecule has 2 atom stereocenters. The molecule has 5 N–H and O–H groups in total. The van der Waals surface area contributed by atoms with Crippen LogP contribution in [0.3, 0.4) is 0 Å². The summed E-state index contributed by atoms with van der Waals surface area (Å²) in [6, 6.07) is 12.3. The zero-order valence-corrected chi connectivity index (χ0v) is 20.5. The van der Waals surface area contributed by atoms with E-state index in [1.165, 1.54) is 18.3 Å². The number of nitrogens with one attached hydrogen (secondary N) is 4. The molecule has 10 heteroatoms. The van der Waals surface area contributed by atoms with Crippen LogP contribution in [0.5, 0.6) is 0 Å². The maximum atomic E-state index is 13.7. The third kappa shape index (κ3) is 5.02. The number of aromatic nitrogens is 1. The molecule has 1 aliphatic heterocycles. The molecule has 1 saturated carbocycles. The Bertz CT molecular complexity index is 1340. The number of hydrogen-bond donors (Lipinski definition) is 5. The molecule has 0 amide bonds. The van der Waals surface area contributed by atoms with E-state index in [4.69, 9.17) is 11.6 Å². The molecule has 2 heterocycles. The zero-order valence-electron chi connectivity index (χ0n) is 19.7. The van der Waals surface area contributed by atoms with Gasteiger partial charge in [-0.05, 0) is 56.0 Å². The molecule has 186 valence electrons. The lowest BCUT2D eigenvalue weighted by Gasteiger charge is -2.23. The summed E-state index contributed by atoms with van der Waals surface area (Å²) in [7, 11) is 0. The van der Waals surface area contributed by atoms with Gasteiger partial charge in [-0.15, -0.1) is 5.53 Å². The molecule has 5 rings (SSSR count). The van der Waals surface area contributed by atoms with Crippen molar-refractivity contribution in [1.29, 1.82) is 5.26 Å². The monoisotopic (exact) mass is 507 g/mol. The molecule has 2 aliphatic rings. The molecule has 1 fully saturated rings. The summed E-state index contributed by atoms with van der Waals surface area (Å²) in [4.78, 5) is 4.41. The van der Waals surface area contributed by atoms with Crippen LogP contribution >= 0.6 is 11.6 Å². The molecule has 36 heavy (non-hydrogen) atoms. The fourth-order valence-corrected chi connectivity index (χ4v) is 4.57. The first-order valence-corrected chi connectivity index (χ1v) is 12.3. The average Bonchev–Trinajstić information content (AvgIpc) is 3.60. The first-order valence-electron chi connectivity index (χ1n) is 11.9. The van der Waals surface area contributed by atoms with Crippen molar-refractivity contribution in [3.8, 4) is 6.07 Å². The summed E-state index contributed by atoms with van der Waals surface area (Å²) >= 11 is 6.66. The minimum absolute atomic E-state index is 0.0278. The smallest absolute Gasteiger partial charge is 0.123 e. The summed E-state index contributed by atoms with van der Waals surface area (Å²) in [5, 5.41) is 29.1. The summed E-state index contributed by atoms with van der Waals surface area (Å²) < 4.78 is 13.7. The van der Waals surface area contributed by atoms with Gasteiger partial charge in [-0.2, -0.15) is 5.26 Å². The number of pyridine rings is 1. The number of aliphatic hydroxyl groups excluding tert-OH is 1. The highest BCUT2D eigenvalue weighted by atomic mass is 35.5. The van der Waals surface area contributed by atoms with Gasteiger partial charge in [0.25, 0.3) is 0 Å². The van der Waals surface area contributed by atoms with E-state index in [9.17, 15) is 14.8 Å². The largest absolute Gasteiger partial charge is 0.396 e. The van der Waals surface area contributed by atoms with Gasteiger partial charge in [0.2, 0.25) is 0 Å². The number of anilines is 2. The quantitative estimate of drug-likeness (QED) is 0.287. The standard InChI is InChI=1S/C26H27ClFN7O/c1-15(8-9-36)31-24-17(12-29)13-30-26-21(24)10-19(11-22(26)27)32-25(16-2-4-18(28)5-3-16)23-14-35(34-33-23)20-6-7-20/h2-5,10-11,13-15,20,25,32-34,36H,6-9H2,1H3,(H,30,31). The predicted molar refractivity (Wildman–Crippen MR) is 138 cm³/mol. The second-order valence-corrected chi connectivity index (χ2v) is 9.57. The highest BCUT2D eigenvalue weighted by Crippen LogP contribution is 2.37. The van der Waals surface area contributed by atoms with Gasteiger partial charge in [0, 0.05) is 42.2 Å². The van der Waals surface area contributed by atoms with Crippen molar-refractivity contribution >= 4 is 33.9 Å². The molecule has 0 bridgehead atoms. The SMILES string of the molecule is CC(CCO)Nc1c(C#N)cnc2c(Cl)cc(NC(C3=CN(C4CC4)NN3)c3ccc(F)cc3)cc12. The van der Waals surface area contributed by atoms with Crippen molar-refractivity contribution in [2.45, 2.75) is 44.3 Å². The molecule has 2 unspecified atom stereocenters. The molecule has 2 aromatic carbocycles. The topological polar surface area (TPSA) is 108 Å². The van der Waals surface area contributed by atoms with E-state index in [-0.39, 0.29) is 24.5 Å². The van der Waals surface area contributed by atoms with E-state index < -0.39 is 0 Å². The summed E-state index contributed by atoms with van der Waals surface area (Å²) in [6.07, 6.45) is 6.32. The number of benzene rings is 2. The summed E-state index contributed by atoms with van der Waals surface area (Å²) in [6.45, 7) is 1.97. The Kier molecular flexibility index (Phi) is 6.83. The molecular weight excluding hydrogens is 481 g/mol. The second kappa shape index (κ2) is 10.2. The molecule has 1 aromatic heterocycles. The van der Waals surface area contributed by atoms with Crippen LogP contribution in [0.1, 0.15) is 43.4 Å². The molecule has 0 spiro atoms. The number of nitrogens with zero attached hydrogens (tertiary/aromatic N) is 3. The first kappa shape index (κ1) is 24.1. The van der Waals surface area contributed by atoms with Crippen LogP contribution in [-0.2, 0) is 0 Å². The molecule has 0 radical (unpaired) electrons. The average molecular weight is 508 g/mol. The number of hydrazine groups is 2. The third-order valence-corrected chi connectivity index (χ3v) is 6.66. The number of nitriles is 1. The van der Waals surface area contributed by atoms with Crippen molar-refractivity contribution in [3.63, 3.8) is 0 Å². The third-order valence-electron chi connectivity index (χ3n) is 6.37. The number of rotatable bonds is 9. The van der Waals surface area contributed by atoms with Crippen LogP contribution in [0, 0.1) is 17.1 Å². The van der Waals surface area contributed by atoms with Gasteiger partial charge in [-0.3, -0.25) is 9.99 Å². The van der Waals surface area contributed by atoms with E-state index in [0.29, 0.717) is 45.3 Å². The lowest BCUT2D eigenvalue weighted by Crippen LogP contribution is -2.38. The second-order valence-electron chi connectivity index (χ2n) is 9.16. The Hall–Kier alpha value is -3.58. The predicted octanol–water partition coefficient (Wildman–Crippen LogP) is 4.56. The first-order chi connectivity index (χ1) is 17.5. The molecule has 1 aliphatic carbocycles. The van der Waals surface area contributed by atoms with Crippen molar-refractivity contribution in [2.75, 3.05) is 17.2 Å². The molecular formula is C26H27ClFN7O. The number of hydrogen-bond acceptors (Lipinski definition) is 8. The van der Waals surface area contributed by atoms with Gasteiger partial charge >= 0.3 is 0 Å². The van der Waals surface area contributed by atoms with E-state index in [1.807, 2.05) is 19.2 Å². The Labute approximate surface area is 213 Å². The van der Waals surface area contributed by atoms with Crippen LogP contribution in [0.2, 0.25) is 5.02 Å². The zero-order chi connectivity index (χ0) is 25.2. The van der Waals surface area contributed by atoms with E-state index in [0.717, 1.165) is 24.1 Å². The highest BCUT2D eigenvalue weighted by molar-refractivity contribution is 6.35. The molecule has 3 aromatic rings. The van der Waals surface area contributed by atoms with Crippen LogP contribution < -0.4 is 21.6 Å². The van der Waals surface area contributed by atoms with Gasteiger partial charge in [-0.25, -0.2) is 4.39 Å². The van der Waals surface area contributed by atoms with Crippen LogP contribution in [0.25, 0.3) is 10.9 Å². The maximum absolute atomic E-state index is 13.7. The Morgan fingerprint density at radius 3 is 2.75 bits per heavy atom. The fraction of sp³-hybridized carbons (Fsp3) is 0.308. The Morgan fingerprint density at radius 2 is 2.06 bits per heavy atom. The van der Waals surface area contributed by atoms with Gasteiger partial charge in [-0.1, -0.05) is 23.7 Å². The van der Waals surface area contributed by atoms with Crippen LogP contribution in [0.15, 0.2) is 54.5 Å². The lowest BCUT2D eigenvalue weighted by molar-refractivity contribution is 0.260. The number of halogens is 2. The Morgan fingerprint density at radius 1 is 1.28 bits per heavy atom.